The fourth-order valence-corrected chi connectivity index (χ4v) is 3.04. The summed E-state index contributed by atoms with van der Waals surface area (Å²) < 4.78 is 0. The van der Waals surface area contributed by atoms with Gasteiger partial charge in [-0.05, 0) is 32.6 Å². The fraction of sp³-hybridized carbons (Fsp3) is 0.917. The summed E-state index contributed by atoms with van der Waals surface area (Å²) in [6.45, 7) is 6.73. The SMILES string of the molecule is CCC(CC1CC1)N=C1NC(C)(C)CS1. The maximum Gasteiger partial charge on any atom is 0.157 e. The number of nitrogens with one attached hydrogen (secondary N) is 1. The van der Waals surface area contributed by atoms with E-state index < -0.39 is 0 Å². The zero-order valence-electron chi connectivity index (χ0n) is 10.0. The van der Waals surface area contributed by atoms with Gasteiger partial charge in [0.1, 0.15) is 0 Å². The third-order valence-corrected chi connectivity index (χ3v) is 4.44. The van der Waals surface area contributed by atoms with Crippen LogP contribution in [0, 0.1) is 5.92 Å². The average molecular weight is 226 g/mol. The van der Waals surface area contributed by atoms with Crippen molar-refractivity contribution in [1.82, 2.24) is 5.32 Å². The van der Waals surface area contributed by atoms with Gasteiger partial charge in [-0.1, -0.05) is 31.5 Å². The molecule has 2 rings (SSSR count). The Morgan fingerprint density at radius 1 is 1.53 bits per heavy atom. The third-order valence-electron chi connectivity index (χ3n) is 3.09. The van der Waals surface area contributed by atoms with Gasteiger partial charge in [-0.15, -0.1) is 0 Å². The van der Waals surface area contributed by atoms with E-state index >= 15 is 0 Å². The van der Waals surface area contributed by atoms with Crippen LogP contribution in [0.15, 0.2) is 4.99 Å². The third kappa shape index (κ3) is 3.40. The van der Waals surface area contributed by atoms with Crippen LogP contribution >= 0.6 is 11.8 Å². The van der Waals surface area contributed by atoms with Gasteiger partial charge in [0.15, 0.2) is 5.17 Å². The Labute approximate surface area is 97.3 Å². The number of thioether (sulfide) groups is 1. The van der Waals surface area contributed by atoms with Crippen molar-refractivity contribution in [3.05, 3.63) is 0 Å². The minimum atomic E-state index is 0.237. The fourth-order valence-electron chi connectivity index (χ4n) is 1.89. The summed E-state index contributed by atoms with van der Waals surface area (Å²) in [4.78, 5) is 4.84. The molecule has 0 aromatic rings. The highest BCUT2D eigenvalue weighted by molar-refractivity contribution is 8.14. The maximum atomic E-state index is 4.84. The Kier molecular flexibility index (Phi) is 3.29. The number of hydrogen-bond acceptors (Lipinski definition) is 2. The lowest BCUT2D eigenvalue weighted by Gasteiger charge is -2.17. The van der Waals surface area contributed by atoms with Crippen molar-refractivity contribution in [3.63, 3.8) is 0 Å². The van der Waals surface area contributed by atoms with Crippen LogP contribution in [0.3, 0.4) is 0 Å². The van der Waals surface area contributed by atoms with Gasteiger partial charge >= 0.3 is 0 Å². The molecule has 15 heavy (non-hydrogen) atoms. The summed E-state index contributed by atoms with van der Waals surface area (Å²) in [5.74, 6) is 2.13. The number of nitrogens with zero attached hydrogens (tertiary/aromatic N) is 1. The summed E-state index contributed by atoms with van der Waals surface area (Å²) in [5, 5.41) is 4.68. The Bertz CT molecular complexity index is 256. The summed E-state index contributed by atoms with van der Waals surface area (Å²) >= 11 is 1.88. The highest BCUT2D eigenvalue weighted by atomic mass is 32.2. The molecule has 1 saturated carbocycles. The molecule has 1 atom stereocenters. The highest BCUT2D eigenvalue weighted by Gasteiger charge is 2.29. The van der Waals surface area contributed by atoms with Crippen molar-refractivity contribution >= 4 is 16.9 Å². The van der Waals surface area contributed by atoms with Crippen molar-refractivity contribution < 1.29 is 0 Å². The number of hydrogen-bond donors (Lipinski definition) is 1. The van der Waals surface area contributed by atoms with Gasteiger partial charge in [0, 0.05) is 11.3 Å². The summed E-state index contributed by atoms with van der Waals surface area (Å²) in [5.41, 5.74) is 0.237. The molecule has 2 nitrogen and oxygen atoms in total. The van der Waals surface area contributed by atoms with Crippen molar-refractivity contribution in [3.8, 4) is 0 Å². The van der Waals surface area contributed by atoms with Crippen LogP contribution in [0.25, 0.3) is 0 Å². The van der Waals surface area contributed by atoms with Gasteiger partial charge in [-0.3, -0.25) is 4.99 Å². The Hall–Kier alpha value is -0.180. The standard InChI is InChI=1S/C12H22N2S/c1-4-10(7-9-5-6-9)13-11-14-12(2,3)8-15-11/h9-10H,4-8H2,1-3H3,(H,13,14). The van der Waals surface area contributed by atoms with Gasteiger partial charge in [-0.25, -0.2) is 0 Å². The Morgan fingerprint density at radius 3 is 2.73 bits per heavy atom. The van der Waals surface area contributed by atoms with E-state index in [2.05, 4.69) is 26.1 Å². The number of aliphatic imine (C=N–C) groups is 1. The second-order valence-corrected chi connectivity index (χ2v) is 6.44. The quantitative estimate of drug-likeness (QED) is 0.797. The summed E-state index contributed by atoms with van der Waals surface area (Å²) in [6, 6.07) is 0.557. The second kappa shape index (κ2) is 4.36. The molecule has 0 spiro atoms. The van der Waals surface area contributed by atoms with E-state index in [4.69, 9.17) is 4.99 Å². The molecule has 0 bridgehead atoms. The first-order chi connectivity index (χ1) is 7.09. The molecule has 1 saturated heterocycles. The molecule has 2 fully saturated rings. The second-order valence-electron chi connectivity index (χ2n) is 5.47. The van der Waals surface area contributed by atoms with Crippen LogP contribution < -0.4 is 5.32 Å². The minimum absolute atomic E-state index is 0.237. The monoisotopic (exact) mass is 226 g/mol. The van der Waals surface area contributed by atoms with Crippen molar-refractivity contribution in [2.75, 3.05) is 5.75 Å². The first-order valence-corrected chi connectivity index (χ1v) is 7.06. The molecule has 1 unspecified atom stereocenters. The van der Waals surface area contributed by atoms with Gasteiger partial charge < -0.3 is 5.32 Å². The van der Waals surface area contributed by atoms with Crippen molar-refractivity contribution in [2.45, 2.75) is 58.0 Å². The molecule has 3 heteroatoms. The number of amidine groups is 1. The van der Waals surface area contributed by atoms with Gasteiger partial charge in [0.25, 0.3) is 0 Å². The lowest BCUT2D eigenvalue weighted by atomic mass is 10.1. The van der Waals surface area contributed by atoms with E-state index in [1.807, 2.05) is 11.8 Å². The molecular weight excluding hydrogens is 204 g/mol. The predicted molar refractivity (Wildman–Crippen MR) is 68.5 cm³/mol. The zero-order valence-corrected chi connectivity index (χ0v) is 10.9. The van der Waals surface area contributed by atoms with Gasteiger partial charge in [-0.2, -0.15) is 0 Å². The van der Waals surface area contributed by atoms with Crippen molar-refractivity contribution in [1.29, 1.82) is 0 Å². The molecule has 0 aromatic heterocycles. The average Bonchev–Trinajstić information content (AvgIpc) is 2.91. The topological polar surface area (TPSA) is 24.4 Å². The molecule has 1 N–H and O–H groups in total. The van der Waals surface area contributed by atoms with Crippen molar-refractivity contribution in [2.24, 2.45) is 10.9 Å². The molecular formula is C12H22N2S. The van der Waals surface area contributed by atoms with Gasteiger partial charge in [0.2, 0.25) is 0 Å². The Morgan fingerprint density at radius 2 is 2.27 bits per heavy atom. The first-order valence-electron chi connectivity index (χ1n) is 6.08. The smallest absolute Gasteiger partial charge is 0.157 e. The van der Waals surface area contributed by atoms with Crippen LogP contribution in [-0.2, 0) is 0 Å². The molecule has 0 amide bonds. The summed E-state index contributed by atoms with van der Waals surface area (Å²) in [7, 11) is 0. The molecule has 0 aromatic carbocycles. The van der Waals surface area contributed by atoms with E-state index in [0.717, 1.165) is 11.7 Å². The lowest BCUT2D eigenvalue weighted by Crippen LogP contribution is -2.37. The predicted octanol–water partition coefficient (Wildman–Crippen LogP) is 3.04. The Balaban J connectivity index is 1.89. The molecule has 1 aliphatic carbocycles. The normalized spacial score (nSPS) is 29.1. The van der Waals surface area contributed by atoms with E-state index in [9.17, 15) is 0 Å². The van der Waals surface area contributed by atoms with E-state index in [1.165, 1.54) is 30.9 Å². The lowest BCUT2D eigenvalue weighted by molar-refractivity contribution is 0.525. The van der Waals surface area contributed by atoms with Crippen LogP contribution in [0.2, 0.25) is 0 Å². The van der Waals surface area contributed by atoms with E-state index in [-0.39, 0.29) is 5.54 Å². The van der Waals surface area contributed by atoms with E-state index in [0.29, 0.717) is 6.04 Å². The first kappa shape index (κ1) is 11.3. The molecule has 1 aliphatic heterocycles. The van der Waals surface area contributed by atoms with Gasteiger partial charge in [0.05, 0.1) is 6.04 Å². The molecule has 1 heterocycles. The maximum absolute atomic E-state index is 4.84. The van der Waals surface area contributed by atoms with Crippen LogP contribution in [0.1, 0.15) is 46.5 Å². The largest absolute Gasteiger partial charge is 0.359 e. The van der Waals surface area contributed by atoms with Crippen LogP contribution in [-0.4, -0.2) is 22.5 Å². The van der Waals surface area contributed by atoms with E-state index in [1.54, 1.807) is 0 Å². The summed E-state index contributed by atoms with van der Waals surface area (Å²) in [6.07, 6.45) is 5.37. The molecule has 0 radical (unpaired) electrons. The van der Waals surface area contributed by atoms with Crippen LogP contribution in [0.4, 0.5) is 0 Å². The molecule has 86 valence electrons. The van der Waals surface area contributed by atoms with Crippen LogP contribution in [0.5, 0.6) is 0 Å². The minimum Gasteiger partial charge on any atom is -0.359 e. The molecule has 2 aliphatic rings. The highest BCUT2D eigenvalue weighted by Crippen LogP contribution is 2.35. The zero-order chi connectivity index (χ0) is 10.9. The number of rotatable bonds is 4.